The molecule has 0 atom stereocenters. The summed E-state index contributed by atoms with van der Waals surface area (Å²) in [6.45, 7) is 0. The Hall–Kier alpha value is -1.58. The number of thioether (sulfide) groups is 1. The number of aromatic nitrogens is 1. The lowest BCUT2D eigenvalue weighted by atomic mass is 10.2. The summed E-state index contributed by atoms with van der Waals surface area (Å²) in [5, 5.41) is 11.8. The highest BCUT2D eigenvalue weighted by molar-refractivity contribution is 8.13. The third-order valence-electron chi connectivity index (χ3n) is 1.91. The van der Waals surface area contributed by atoms with Crippen LogP contribution < -0.4 is 5.32 Å². The molecular weight excluding hydrogens is 242 g/mol. The fourth-order valence-corrected chi connectivity index (χ4v) is 2.35. The van der Waals surface area contributed by atoms with Gasteiger partial charge in [-0.1, -0.05) is 23.1 Å². The lowest BCUT2D eigenvalue weighted by Gasteiger charge is -1.94. The summed E-state index contributed by atoms with van der Waals surface area (Å²) in [5.41, 5.74) is 1.39. The molecule has 0 unspecified atom stereocenters. The second-order valence-electron chi connectivity index (χ2n) is 2.93. The topological polar surface area (TPSA) is 65.8 Å². The molecule has 0 aliphatic heterocycles. The van der Waals surface area contributed by atoms with Crippen LogP contribution in [0.2, 0.25) is 0 Å². The standard InChI is InChI=1S/C10H7N3OS2/c1-15-10(14)13-9-12-7-3-2-6(5-11)4-8(7)16-9/h2-4H,1H3,(H,12,13,14). The van der Waals surface area contributed by atoms with Crippen LogP contribution in [-0.4, -0.2) is 16.5 Å². The summed E-state index contributed by atoms with van der Waals surface area (Å²) >= 11 is 2.46. The fraction of sp³-hybridized carbons (Fsp3) is 0.100. The summed E-state index contributed by atoms with van der Waals surface area (Å²) in [6.07, 6.45) is 1.70. The largest absolute Gasteiger partial charge is 0.293 e. The number of thiazole rings is 1. The van der Waals surface area contributed by atoms with E-state index in [2.05, 4.69) is 16.4 Å². The van der Waals surface area contributed by atoms with Crippen LogP contribution in [0.25, 0.3) is 10.2 Å². The van der Waals surface area contributed by atoms with Gasteiger partial charge in [-0.05, 0) is 24.5 Å². The number of anilines is 1. The van der Waals surface area contributed by atoms with Gasteiger partial charge in [-0.2, -0.15) is 5.26 Å². The minimum atomic E-state index is -0.139. The monoisotopic (exact) mass is 249 g/mol. The van der Waals surface area contributed by atoms with E-state index in [0.717, 1.165) is 22.0 Å². The summed E-state index contributed by atoms with van der Waals surface area (Å²) in [4.78, 5) is 15.4. The van der Waals surface area contributed by atoms with E-state index in [1.807, 2.05) is 0 Å². The highest BCUT2D eigenvalue weighted by Crippen LogP contribution is 2.27. The quantitative estimate of drug-likeness (QED) is 0.843. The Kier molecular flexibility index (Phi) is 3.08. The molecule has 0 radical (unpaired) electrons. The zero-order valence-corrected chi connectivity index (χ0v) is 9.98. The second kappa shape index (κ2) is 4.51. The van der Waals surface area contributed by atoms with Crippen molar-refractivity contribution in [2.45, 2.75) is 0 Å². The number of hydrogen-bond acceptors (Lipinski definition) is 5. The van der Waals surface area contributed by atoms with Gasteiger partial charge in [-0.15, -0.1) is 0 Å². The first-order chi connectivity index (χ1) is 7.72. The number of hydrogen-bond donors (Lipinski definition) is 1. The number of carbonyl (C=O) groups excluding carboxylic acids is 1. The first kappa shape index (κ1) is 10.9. The molecule has 1 heterocycles. The summed E-state index contributed by atoms with van der Waals surface area (Å²) in [5.74, 6) is 0. The van der Waals surface area contributed by atoms with Crippen LogP contribution in [0.1, 0.15) is 5.56 Å². The maximum atomic E-state index is 11.1. The van der Waals surface area contributed by atoms with E-state index in [9.17, 15) is 4.79 Å². The maximum absolute atomic E-state index is 11.1. The Morgan fingerprint density at radius 1 is 1.62 bits per heavy atom. The van der Waals surface area contributed by atoms with Gasteiger partial charge in [0.15, 0.2) is 5.13 Å². The lowest BCUT2D eigenvalue weighted by molar-refractivity contribution is 0.270. The summed E-state index contributed by atoms with van der Waals surface area (Å²) < 4.78 is 0.899. The first-order valence-corrected chi connectivity index (χ1v) is 6.42. The predicted molar refractivity (Wildman–Crippen MR) is 66.9 cm³/mol. The van der Waals surface area contributed by atoms with Crippen molar-refractivity contribution in [3.8, 4) is 6.07 Å². The second-order valence-corrected chi connectivity index (χ2v) is 4.74. The highest BCUT2D eigenvalue weighted by atomic mass is 32.2. The molecule has 1 amide bonds. The number of amides is 1. The normalized spacial score (nSPS) is 10.0. The summed E-state index contributed by atoms with van der Waals surface area (Å²) in [7, 11) is 0. The Labute approximate surface area is 100 Å². The van der Waals surface area contributed by atoms with Crippen molar-refractivity contribution in [3.63, 3.8) is 0 Å². The molecule has 1 N–H and O–H groups in total. The van der Waals surface area contributed by atoms with Gasteiger partial charge < -0.3 is 0 Å². The molecule has 0 saturated heterocycles. The third kappa shape index (κ3) is 2.15. The van der Waals surface area contributed by atoms with Gasteiger partial charge in [0.25, 0.3) is 5.24 Å². The van der Waals surface area contributed by atoms with E-state index < -0.39 is 0 Å². The van der Waals surface area contributed by atoms with E-state index in [1.165, 1.54) is 11.3 Å². The molecule has 0 saturated carbocycles. The number of benzene rings is 1. The zero-order valence-electron chi connectivity index (χ0n) is 8.35. The fourth-order valence-electron chi connectivity index (χ4n) is 1.19. The minimum absolute atomic E-state index is 0.139. The first-order valence-electron chi connectivity index (χ1n) is 4.38. The van der Waals surface area contributed by atoms with E-state index in [-0.39, 0.29) is 5.24 Å². The predicted octanol–water partition coefficient (Wildman–Crippen LogP) is 3.06. The van der Waals surface area contributed by atoms with Crippen molar-refractivity contribution in [2.75, 3.05) is 11.6 Å². The van der Waals surface area contributed by atoms with Crippen molar-refractivity contribution in [1.82, 2.24) is 4.98 Å². The molecule has 0 fully saturated rings. The molecule has 1 aromatic carbocycles. The van der Waals surface area contributed by atoms with Gasteiger partial charge >= 0.3 is 0 Å². The third-order valence-corrected chi connectivity index (χ3v) is 3.32. The molecule has 80 valence electrons. The Morgan fingerprint density at radius 2 is 2.44 bits per heavy atom. The van der Waals surface area contributed by atoms with Gasteiger partial charge in [0.2, 0.25) is 0 Å². The number of nitrogens with zero attached hydrogens (tertiary/aromatic N) is 2. The van der Waals surface area contributed by atoms with Crippen molar-refractivity contribution >= 4 is 43.7 Å². The molecule has 6 heteroatoms. The average Bonchev–Trinajstić information content (AvgIpc) is 2.69. The molecule has 0 aliphatic carbocycles. The van der Waals surface area contributed by atoms with Crippen LogP contribution in [0.4, 0.5) is 9.93 Å². The number of rotatable bonds is 1. The van der Waals surface area contributed by atoms with Gasteiger partial charge in [-0.25, -0.2) is 4.98 Å². The Bertz CT molecular complexity index is 585. The Balaban J connectivity index is 2.37. The number of carbonyl (C=O) groups is 1. The van der Waals surface area contributed by atoms with Gasteiger partial charge in [0.1, 0.15) is 0 Å². The lowest BCUT2D eigenvalue weighted by Crippen LogP contribution is -2.02. The number of fused-ring (bicyclic) bond motifs is 1. The van der Waals surface area contributed by atoms with Crippen LogP contribution in [0.15, 0.2) is 18.2 Å². The van der Waals surface area contributed by atoms with Gasteiger partial charge in [0.05, 0.1) is 21.8 Å². The molecule has 0 bridgehead atoms. The van der Waals surface area contributed by atoms with E-state index in [4.69, 9.17) is 5.26 Å². The van der Waals surface area contributed by atoms with Crippen molar-refractivity contribution in [3.05, 3.63) is 23.8 Å². The van der Waals surface area contributed by atoms with E-state index in [0.29, 0.717) is 10.7 Å². The summed E-state index contributed by atoms with van der Waals surface area (Å²) in [6, 6.07) is 7.32. The van der Waals surface area contributed by atoms with Crippen molar-refractivity contribution in [1.29, 1.82) is 5.26 Å². The number of nitrogens with one attached hydrogen (secondary N) is 1. The van der Waals surface area contributed by atoms with Crippen LogP contribution in [0, 0.1) is 11.3 Å². The molecule has 1 aromatic heterocycles. The highest BCUT2D eigenvalue weighted by Gasteiger charge is 2.07. The van der Waals surface area contributed by atoms with E-state index >= 15 is 0 Å². The molecule has 16 heavy (non-hydrogen) atoms. The minimum Gasteiger partial charge on any atom is -0.293 e. The molecule has 4 nitrogen and oxygen atoms in total. The smallest absolute Gasteiger partial charge is 0.284 e. The van der Waals surface area contributed by atoms with Crippen LogP contribution in [0.3, 0.4) is 0 Å². The van der Waals surface area contributed by atoms with Crippen molar-refractivity contribution < 1.29 is 4.79 Å². The molecular formula is C10H7N3OS2. The average molecular weight is 249 g/mol. The number of nitriles is 1. The van der Waals surface area contributed by atoms with Gasteiger partial charge in [-0.3, -0.25) is 10.1 Å². The molecule has 0 aliphatic rings. The maximum Gasteiger partial charge on any atom is 0.284 e. The van der Waals surface area contributed by atoms with Crippen molar-refractivity contribution in [2.24, 2.45) is 0 Å². The van der Waals surface area contributed by atoms with E-state index in [1.54, 1.807) is 24.5 Å². The van der Waals surface area contributed by atoms with Crippen LogP contribution >= 0.6 is 23.1 Å². The SMILES string of the molecule is CSC(=O)Nc1nc2ccc(C#N)cc2s1. The Morgan fingerprint density at radius 3 is 3.12 bits per heavy atom. The van der Waals surface area contributed by atoms with Crippen LogP contribution in [-0.2, 0) is 0 Å². The van der Waals surface area contributed by atoms with Crippen LogP contribution in [0.5, 0.6) is 0 Å². The molecule has 2 rings (SSSR count). The molecule has 0 spiro atoms. The zero-order chi connectivity index (χ0) is 11.5. The molecule has 2 aromatic rings. The van der Waals surface area contributed by atoms with Gasteiger partial charge in [0, 0.05) is 0 Å².